The lowest BCUT2D eigenvalue weighted by molar-refractivity contribution is 0.504. The van der Waals surface area contributed by atoms with Gasteiger partial charge in [-0.25, -0.2) is 0 Å². The zero-order valence-electron chi connectivity index (χ0n) is 9.17. The molecule has 0 aromatic rings. The van der Waals surface area contributed by atoms with Crippen LogP contribution in [-0.4, -0.2) is 14.3 Å². The first-order valence-electron chi connectivity index (χ1n) is 5.07. The molecular weight excluding hydrogens is 174 g/mol. The summed E-state index contributed by atoms with van der Waals surface area (Å²) in [5, 5.41) is 0. The maximum atomic E-state index is 6.23. The van der Waals surface area contributed by atoms with Gasteiger partial charge in [0.2, 0.25) is 0 Å². The highest BCUT2D eigenvalue weighted by Crippen LogP contribution is 2.35. The van der Waals surface area contributed by atoms with Crippen LogP contribution in [0.3, 0.4) is 0 Å². The molecule has 1 atom stereocenters. The number of rotatable bonds is 3. The van der Waals surface area contributed by atoms with Crippen LogP contribution in [0.25, 0.3) is 0 Å². The first kappa shape index (κ1) is 10.7. The van der Waals surface area contributed by atoms with Gasteiger partial charge in [0, 0.05) is 14.3 Å². The second kappa shape index (κ2) is 3.80. The maximum absolute atomic E-state index is 6.23. The van der Waals surface area contributed by atoms with Crippen LogP contribution in [0.15, 0.2) is 23.8 Å². The van der Waals surface area contributed by atoms with Gasteiger partial charge in [-0.3, -0.25) is 0 Å². The molecule has 1 aliphatic carbocycles. The van der Waals surface area contributed by atoms with Crippen LogP contribution in [0, 0.1) is 0 Å². The molecule has 0 bridgehead atoms. The monoisotopic (exact) mass is 195 g/mol. The van der Waals surface area contributed by atoms with Crippen molar-refractivity contribution in [2.24, 2.45) is 5.73 Å². The zero-order chi connectivity index (χ0) is 10.1. The third-order valence-electron chi connectivity index (χ3n) is 2.67. The Morgan fingerprint density at radius 3 is 2.38 bits per heavy atom. The van der Waals surface area contributed by atoms with Crippen LogP contribution >= 0.6 is 0 Å². The van der Waals surface area contributed by atoms with E-state index >= 15 is 0 Å². The van der Waals surface area contributed by atoms with Gasteiger partial charge in [0.25, 0.3) is 0 Å². The standard InChI is InChI=1S/C11H21NSi/c1-11(2,12)10(13(3)4)9-7-5-6-8-9/h5-7,10,13H,8,12H2,1-4H3. The molecular formula is C11H21NSi. The predicted molar refractivity (Wildman–Crippen MR) is 62.7 cm³/mol. The number of nitrogens with two attached hydrogens (primary N) is 1. The number of hydrogen-bond donors (Lipinski definition) is 1. The average Bonchev–Trinajstić information content (AvgIpc) is 2.34. The van der Waals surface area contributed by atoms with Crippen molar-refractivity contribution in [1.82, 2.24) is 0 Å². The topological polar surface area (TPSA) is 26.0 Å². The molecule has 1 unspecified atom stereocenters. The molecule has 0 radical (unpaired) electrons. The van der Waals surface area contributed by atoms with Crippen LogP contribution < -0.4 is 5.73 Å². The van der Waals surface area contributed by atoms with Crippen molar-refractivity contribution in [2.75, 3.05) is 0 Å². The van der Waals surface area contributed by atoms with Crippen molar-refractivity contribution >= 4 is 8.80 Å². The fourth-order valence-electron chi connectivity index (χ4n) is 2.46. The minimum atomic E-state index is -0.697. The van der Waals surface area contributed by atoms with E-state index in [2.05, 4.69) is 45.2 Å². The Kier molecular flexibility index (Phi) is 3.14. The molecule has 0 aromatic heterocycles. The summed E-state index contributed by atoms with van der Waals surface area (Å²) in [6.45, 7) is 9.09. The largest absolute Gasteiger partial charge is 0.325 e. The van der Waals surface area contributed by atoms with Gasteiger partial charge >= 0.3 is 0 Å². The predicted octanol–water partition coefficient (Wildman–Crippen LogP) is 2.47. The summed E-state index contributed by atoms with van der Waals surface area (Å²) >= 11 is 0. The van der Waals surface area contributed by atoms with Gasteiger partial charge in [0.15, 0.2) is 0 Å². The molecule has 0 saturated carbocycles. The lowest BCUT2D eigenvalue weighted by Gasteiger charge is -2.34. The molecule has 74 valence electrons. The van der Waals surface area contributed by atoms with Gasteiger partial charge < -0.3 is 5.73 Å². The average molecular weight is 195 g/mol. The summed E-state index contributed by atoms with van der Waals surface area (Å²) in [6, 6.07) is 0. The lowest BCUT2D eigenvalue weighted by Crippen LogP contribution is -2.43. The normalized spacial score (nSPS) is 19.4. The molecule has 0 aliphatic heterocycles. The van der Waals surface area contributed by atoms with E-state index in [1.54, 1.807) is 5.57 Å². The summed E-state index contributed by atoms with van der Waals surface area (Å²) in [5.41, 5.74) is 8.37. The summed E-state index contributed by atoms with van der Waals surface area (Å²) in [5.74, 6) is 0. The van der Waals surface area contributed by atoms with E-state index in [-0.39, 0.29) is 5.54 Å². The Bertz CT molecular complexity index is 233. The number of allylic oxidation sites excluding steroid dienone is 3. The van der Waals surface area contributed by atoms with Crippen molar-refractivity contribution in [3.63, 3.8) is 0 Å². The van der Waals surface area contributed by atoms with Gasteiger partial charge in [0.05, 0.1) is 0 Å². The first-order chi connectivity index (χ1) is 5.93. The third-order valence-corrected chi connectivity index (χ3v) is 5.29. The Labute approximate surface area is 83.3 Å². The van der Waals surface area contributed by atoms with Gasteiger partial charge in [-0.05, 0) is 25.8 Å². The highest BCUT2D eigenvalue weighted by atomic mass is 28.3. The van der Waals surface area contributed by atoms with E-state index in [0.29, 0.717) is 5.54 Å². The Morgan fingerprint density at radius 1 is 1.46 bits per heavy atom. The molecule has 2 N–H and O–H groups in total. The van der Waals surface area contributed by atoms with E-state index < -0.39 is 8.80 Å². The van der Waals surface area contributed by atoms with Crippen molar-refractivity contribution in [3.8, 4) is 0 Å². The van der Waals surface area contributed by atoms with Crippen molar-refractivity contribution in [2.45, 2.75) is 44.4 Å². The van der Waals surface area contributed by atoms with E-state index in [4.69, 9.17) is 5.73 Å². The first-order valence-corrected chi connectivity index (χ1v) is 8.05. The highest BCUT2D eigenvalue weighted by Gasteiger charge is 2.31. The van der Waals surface area contributed by atoms with E-state index in [1.165, 1.54) is 0 Å². The molecule has 13 heavy (non-hydrogen) atoms. The Balaban J connectivity index is 2.81. The van der Waals surface area contributed by atoms with Crippen LogP contribution in [0.4, 0.5) is 0 Å². The van der Waals surface area contributed by atoms with Gasteiger partial charge in [-0.15, -0.1) is 0 Å². The fourth-order valence-corrected chi connectivity index (χ4v) is 5.28. The third kappa shape index (κ3) is 2.55. The lowest BCUT2D eigenvalue weighted by atomic mass is 9.94. The SMILES string of the molecule is C[SiH](C)C(C1=CC=CC1)C(C)(C)N. The summed E-state index contributed by atoms with van der Waals surface area (Å²) < 4.78 is 0. The Hall–Kier alpha value is -0.343. The second-order valence-corrected chi connectivity index (χ2v) is 8.07. The van der Waals surface area contributed by atoms with Gasteiger partial charge in [0.1, 0.15) is 0 Å². The van der Waals surface area contributed by atoms with E-state index in [9.17, 15) is 0 Å². The molecule has 1 nitrogen and oxygen atoms in total. The smallest absolute Gasteiger partial charge is 0.0407 e. The van der Waals surface area contributed by atoms with Gasteiger partial charge in [-0.2, -0.15) is 0 Å². The van der Waals surface area contributed by atoms with Gasteiger partial charge in [-0.1, -0.05) is 36.9 Å². The van der Waals surface area contributed by atoms with Crippen molar-refractivity contribution in [1.29, 1.82) is 0 Å². The summed E-state index contributed by atoms with van der Waals surface area (Å²) in [6.07, 6.45) is 7.76. The molecule has 0 spiro atoms. The van der Waals surface area contributed by atoms with Crippen LogP contribution in [0.1, 0.15) is 20.3 Å². The number of hydrogen-bond acceptors (Lipinski definition) is 1. The quantitative estimate of drug-likeness (QED) is 0.688. The molecule has 0 aromatic carbocycles. The minimum Gasteiger partial charge on any atom is -0.325 e. The molecule has 0 heterocycles. The molecule has 1 rings (SSSR count). The zero-order valence-corrected chi connectivity index (χ0v) is 10.3. The highest BCUT2D eigenvalue weighted by molar-refractivity contribution is 6.58. The maximum Gasteiger partial charge on any atom is 0.0407 e. The van der Waals surface area contributed by atoms with Crippen molar-refractivity contribution < 1.29 is 0 Å². The molecule has 0 amide bonds. The minimum absolute atomic E-state index is 0.0434. The Morgan fingerprint density at radius 2 is 2.08 bits per heavy atom. The molecule has 0 saturated heterocycles. The van der Waals surface area contributed by atoms with Crippen LogP contribution in [0.2, 0.25) is 18.6 Å². The van der Waals surface area contributed by atoms with Crippen LogP contribution in [0.5, 0.6) is 0 Å². The second-order valence-electron chi connectivity index (χ2n) is 4.92. The fraction of sp³-hybridized carbons (Fsp3) is 0.636. The molecule has 1 aliphatic rings. The summed E-state index contributed by atoms with van der Waals surface area (Å²) in [4.78, 5) is 0. The summed E-state index contributed by atoms with van der Waals surface area (Å²) in [7, 11) is -0.697. The molecule has 0 fully saturated rings. The van der Waals surface area contributed by atoms with Crippen LogP contribution in [-0.2, 0) is 0 Å². The van der Waals surface area contributed by atoms with E-state index in [1.807, 2.05) is 0 Å². The van der Waals surface area contributed by atoms with Crippen molar-refractivity contribution in [3.05, 3.63) is 23.8 Å². The molecule has 2 heteroatoms. The van der Waals surface area contributed by atoms with E-state index in [0.717, 1.165) is 6.42 Å².